The Bertz CT molecular complexity index is 738. The van der Waals surface area contributed by atoms with E-state index in [1.54, 1.807) is 24.3 Å². The summed E-state index contributed by atoms with van der Waals surface area (Å²) in [5, 5.41) is 0. The first-order valence-corrected chi connectivity index (χ1v) is 10.2. The summed E-state index contributed by atoms with van der Waals surface area (Å²) < 4.78 is 27.6. The normalized spacial score (nSPS) is 25.0. The molecule has 1 heterocycles. The van der Waals surface area contributed by atoms with Crippen molar-refractivity contribution in [2.45, 2.75) is 44.1 Å². The SMILES string of the molecule is C=C(/C=C1/C2CCCCC2CN1C(=C)C)OCc1ccc(S(=O)[O-])cc1. The largest absolute Gasteiger partial charge is 0.768 e. The highest BCUT2D eigenvalue weighted by molar-refractivity contribution is 7.79. The monoisotopic (exact) mass is 372 g/mol. The van der Waals surface area contributed by atoms with E-state index in [0.29, 0.717) is 24.2 Å². The fourth-order valence-electron chi connectivity index (χ4n) is 4.00. The van der Waals surface area contributed by atoms with Gasteiger partial charge in [0.25, 0.3) is 0 Å². The number of benzene rings is 1. The minimum Gasteiger partial charge on any atom is -0.768 e. The summed E-state index contributed by atoms with van der Waals surface area (Å²) in [6, 6.07) is 6.68. The molecule has 0 radical (unpaired) electrons. The maximum absolute atomic E-state index is 10.9. The summed E-state index contributed by atoms with van der Waals surface area (Å²) in [5.74, 6) is 1.92. The van der Waals surface area contributed by atoms with Crippen molar-refractivity contribution >= 4 is 11.1 Å². The number of fused-ring (bicyclic) bond motifs is 1. The first kappa shape index (κ1) is 18.9. The maximum Gasteiger partial charge on any atom is 0.114 e. The lowest BCUT2D eigenvalue weighted by atomic mass is 9.80. The van der Waals surface area contributed by atoms with Crippen molar-refractivity contribution in [2.75, 3.05) is 6.54 Å². The Labute approximate surface area is 158 Å². The van der Waals surface area contributed by atoms with Gasteiger partial charge in [0.2, 0.25) is 0 Å². The topological polar surface area (TPSA) is 52.6 Å². The van der Waals surface area contributed by atoms with E-state index in [-0.39, 0.29) is 4.90 Å². The molecule has 140 valence electrons. The number of nitrogens with zero attached hydrogens (tertiary/aromatic N) is 1. The number of likely N-dealkylation sites (tertiary alicyclic amines) is 1. The van der Waals surface area contributed by atoms with Crippen LogP contribution in [0.2, 0.25) is 0 Å². The number of rotatable bonds is 6. The van der Waals surface area contributed by atoms with Gasteiger partial charge >= 0.3 is 0 Å². The Morgan fingerprint density at radius 1 is 1.31 bits per heavy atom. The van der Waals surface area contributed by atoms with Gasteiger partial charge in [0.1, 0.15) is 12.4 Å². The van der Waals surface area contributed by atoms with Gasteiger partial charge in [-0.25, -0.2) is 0 Å². The van der Waals surface area contributed by atoms with E-state index >= 15 is 0 Å². The van der Waals surface area contributed by atoms with Gasteiger partial charge in [-0.05, 0) is 60.5 Å². The lowest BCUT2D eigenvalue weighted by Crippen LogP contribution is -2.16. The molecular weight excluding hydrogens is 346 g/mol. The molecule has 2 aliphatic rings. The van der Waals surface area contributed by atoms with Crippen molar-refractivity contribution in [3.05, 3.63) is 66.2 Å². The van der Waals surface area contributed by atoms with E-state index in [1.165, 1.54) is 31.4 Å². The van der Waals surface area contributed by atoms with E-state index in [0.717, 1.165) is 17.8 Å². The van der Waals surface area contributed by atoms with E-state index < -0.39 is 11.1 Å². The minimum absolute atomic E-state index is 0.279. The Morgan fingerprint density at radius 2 is 2.00 bits per heavy atom. The highest BCUT2D eigenvalue weighted by Crippen LogP contribution is 2.44. The second kappa shape index (κ2) is 8.23. The molecule has 5 heteroatoms. The summed E-state index contributed by atoms with van der Waals surface area (Å²) in [6.07, 6.45) is 7.17. The summed E-state index contributed by atoms with van der Waals surface area (Å²) in [5.41, 5.74) is 3.27. The Hall–Kier alpha value is -1.85. The smallest absolute Gasteiger partial charge is 0.114 e. The molecule has 0 N–H and O–H groups in total. The van der Waals surface area contributed by atoms with Crippen LogP contribution >= 0.6 is 0 Å². The fourth-order valence-corrected chi connectivity index (χ4v) is 4.35. The van der Waals surface area contributed by atoms with E-state index in [2.05, 4.69) is 31.1 Å². The van der Waals surface area contributed by atoms with Crippen molar-refractivity contribution < 1.29 is 13.5 Å². The molecule has 1 aromatic rings. The van der Waals surface area contributed by atoms with E-state index in [9.17, 15) is 8.76 Å². The molecule has 0 aromatic heterocycles. The lowest BCUT2D eigenvalue weighted by Gasteiger charge is -2.25. The molecule has 26 heavy (non-hydrogen) atoms. The molecule has 1 aromatic carbocycles. The average Bonchev–Trinajstić information content (AvgIpc) is 2.99. The Morgan fingerprint density at radius 3 is 2.65 bits per heavy atom. The third-order valence-corrected chi connectivity index (χ3v) is 5.98. The number of hydrogen-bond acceptors (Lipinski definition) is 4. The van der Waals surface area contributed by atoms with Crippen LogP contribution in [0, 0.1) is 11.8 Å². The van der Waals surface area contributed by atoms with Gasteiger partial charge in [0.05, 0.1) is 0 Å². The molecule has 2 fully saturated rings. The Kier molecular flexibility index (Phi) is 5.99. The number of allylic oxidation sites excluding steroid dienone is 3. The van der Waals surface area contributed by atoms with Crippen molar-refractivity contribution in [2.24, 2.45) is 11.8 Å². The van der Waals surface area contributed by atoms with Crippen LogP contribution in [0.25, 0.3) is 0 Å². The van der Waals surface area contributed by atoms with E-state index in [1.807, 2.05) is 0 Å². The van der Waals surface area contributed by atoms with Gasteiger partial charge < -0.3 is 14.2 Å². The third kappa shape index (κ3) is 4.27. The van der Waals surface area contributed by atoms with Crippen LogP contribution in [0.1, 0.15) is 38.2 Å². The van der Waals surface area contributed by atoms with Gasteiger partial charge in [0, 0.05) is 28.8 Å². The first-order valence-electron chi connectivity index (χ1n) is 9.10. The van der Waals surface area contributed by atoms with Gasteiger partial charge in [-0.15, -0.1) is 0 Å². The average molecular weight is 373 g/mol. The Balaban J connectivity index is 1.66. The maximum atomic E-state index is 10.9. The van der Waals surface area contributed by atoms with Crippen LogP contribution in [0.5, 0.6) is 0 Å². The molecule has 1 saturated heterocycles. The van der Waals surface area contributed by atoms with Gasteiger partial charge in [-0.3, -0.25) is 4.21 Å². The predicted molar refractivity (Wildman–Crippen MR) is 103 cm³/mol. The summed E-state index contributed by atoms with van der Waals surface area (Å²) in [7, 11) is 0. The fraction of sp³-hybridized carbons (Fsp3) is 0.429. The van der Waals surface area contributed by atoms with Gasteiger partial charge in [-0.1, -0.05) is 38.1 Å². The van der Waals surface area contributed by atoms with Crippen LogP contribution in [0.3, 0.4) is 0 Å². The third-order valence-electron chi connectivity index (χ3n) is 5.33. The summed E-state index contributed by atoms with van der Waals surface area (Å²) in [6.45, 7) is 11.7. The first-order chi connectivity index (χ1) is 12.5. The molecule has 0 amide bonds. The van der Waals surface area contributed by atoms with Crippen LogP contribution in [-0.4, -0.2) is 20.2 Å². The van der Waals surface area contributed by atoms with Crippen molar-refractivity contribution in [1.29, 1.82) is 0 Å². The molecule has 1 saturated carbocycles. The van der Waals surface area contributed by atoms with Crippen LogP contribution in [0.4, 0.5) is 0 Å². The van der Waals surface area contributed by atoms with Crippen molar-refractivity contribution in [1.82, 2.24) is 4.90 Å². The zero-order valence-corrected chi connectivity index (χ0v) is 16.1. The molecule has 4 nitrogen and oxygen atoms in total. The molecule has 3 rings (SSSR count). The van der Waals surface area contributed by atoms with Crippen molar-refractivity contribution in [3.63, 3.8) is 0 Å². The molecule has 3 atom stereocenters. The predicted octanol–water partition coefficient (Wildman–Crippen LogP) is 4.49. The van der Waals surface area contributed by atoms with Gasteiger partial charge in [-0.2, -0.15) is 0 Å². The zero-order valence-electron chi connectivity index (χ0n) is 15.3. The molecule has 3 unspecified atom stereocenters. The standard InChI is InChI=1S/C21H27NO3S/c1-15(2)22-13-18-6-4-5-7-20(18)21(22)12-16(3)25-14-17-8-10-19(11-9-17)26(23)24/h8-12,18,20H,1,3-7,13-14H2,2H3,(H,23,24)/p-1/b21-12-. The summed E-state index contributed by atoms with van der Waals surface area (Å²) >= 11 is -2.20. The highest BCUT2D eigenvalue weighted by atomic mass is 32.2. The van der Waals surface area contributed by atoms with Crippen LogP contribution in [-0.2, 0) is 22.4 Å². The molecular formula is C21H26NO3S-. The molecule has 0 bridgehead atoms. The quantitative estimate of drug-likeness (QED) is 0.545. The number of hydrogen-bond donors (Lipinski definition) is 0. The minimum atomic E-state index is -2.20. The summed E-state index contributed by atoms with van der Waals surface area (Å²) in [4.78, 5) is 2.59. The van der Waals surface area contributed by atoms with Crippen molar-refractivity contribution in [3.8, 4) is 0 Å². The lowest BCUT2D eigenvalue weighted by molar-refractivity contribution is 0.211. The molecule has 1 aliphatic heterocycles. The van der Waals surface area contributed by atoms with Crippen LogP contribution < -0.4 is 0 Å². The van der Waals surface area contributed by atoms with Gasteiger partial charge in [0.15, 0.2) is 0 Å². The zero-order chi connectivity index (χ0) is 18.7. The second-order valence-corrected chi connectivity index (χ2v) is 8.14. The second-order valence-electron chi connectivity index (χ2n) is 7.20. The number of ether oxygens (including phenoxy) is 1. The van der Waals surface area contributed by atoms with E-state index in [4.69, 9.17) is 4.74 Å². The highest BCUT2D eigenvalue weighted by Gasteiger charge is 2.38. The molecule has 1 aliphatic carbocycles. The molecule has 0 spiro atoms. The van der Waals surface area contributed by atoms with Crippen LogP contribution in [0.15, 0.2) is 65.5 Å².